The molecule has 236 valence electrons. The van der Waals surface area contributed by atoms with E-state index in [1.54, 1.807) is 10.4 Å². The summed E-state index contributed by atoms with van der Waals surface area (Å²) in [4.78, 5) is 0. The number of hydrogen-bond acceptors (Lipinski definition) is 0. The molecule has 2 fully saturated rings. The SMILES string of the molecule is C[Si](C)(C)C1=CC=C([Si](C)(C)C)C2CC[CH-]C12.C[Si](C)(C)C1=CC=C([Si](C)(C)C)C2CC[CH-]C12.[CH2-]CC[CH2-].[Cl-].[Cl-].[Zr+2]. The van der Waals surface area contributed by atoms with Crippen LogP contribution in [0.3, 0.4) is 0 Å². The summed E-state index contributed by atoms with van der Waals surface area (Å²) in [6.07, 6.45) is 22.7. The molecule has 4 aliphatic rings. The summed E-state index contributed by atoms with van der Waals surface area (Å²) in [5, 5.41) is 7.22. The quantitative estimate of drug-likeness (QED) is 0.271. The van der Waals surface area contributed by atoms with Crippen LogP contribution in [-0.4, -0.2) is 32.3 Å². The molecule has 4 unspecified atom stereocenters. The molecule has 4 atom stereocenters. The Labute approximate surface area is 293 Å². The second-order valence-corrected chi connectivity index (χ2v) is 36.4. The molecular weight excluding hydrogens is 683 g/mol. The predicted molar refractivity (Wildman–Crippen MR) is 187 cm³/mol. The van der Waals surface area contributed by atoms with E-state index in [0.29, 0.717) is 0 Å². The molecule has 0 heterocycles. The molecule has 0 amide bonds. The zero-order valence-corrected chi connectivity index (χ0v) is 36.7. The van der Waals surface area contributed by atoms with Crippen molar-refractivity contribution in [3.8, 4) is 0 Å². The van der Waals surface area contributed by atoms with Crippen LogP contribution in [0.1, 0.15) is 38.5 Å². The zero-order valence-electron chi connectivity index (χ0n) is 28.7. The maximum atomic E-state index is 3.54. The maximum Gasteiger partial charge on any atom is 2.00 e. The van der Waals surface area contributed by atoms with Gasteiger partial charge in [0.15, 0.2) is 0 Å². The minimum absolute atomic E-state index is 0. The Bertz CT molecular complexity index is 776. The van der Waals surface area contributed by atoms with Crippen molar-refractivity contribution in [1.82, 2.24) is 0 Å². The average Bonchev–Trinajstić information content (AvgIpc) is 3.45. The van der Waals surface area contributed by atoms with E-state index in [9.17, 15) is 0 Å². The van der Waals surface area contributed by atoms with Gasteiger partial charge < -0.3 is 51.5 Å². The van der Waals surface area contributed by atoms with Gasteiger partial charge in [-0.2, -0.15) is 12.8 Å². The third kappa shape index (κ3) is 12.2. The van der Waals surface area contributed by atoms with E-state index in [1.165, 1.54) is 25.7 Å². The van der Waals surface area contributed by atoms with Gasteiger partial charge in [0.05, 0.1) is 32.3 Å². The van der Waals surface area contributed by atoms with Gasteiger partial charge in [-0.25, -0.2) is 12.8 Å². The standard InChI is InChI=1S/2C15H27Si2.C4H8.2ClH.Zr/c2*1-16(2,3)14-10-11-15(17(4,5)6)13-9-7-8-12(13)14;1-3-4-2;;;/h2*8,10-13H,7,9H2,1-6H3;1-4H2;2*1H;/q2*-1;-2;;;+2/p-2. The van der Waals surface area contributed by atoms with Gasteiger partial charge in [-0.3, -0.25) is 0 Å². The molecular formula is C34H62Cl2Si4Zr-4. The van der Waals surface area contributed by atoms with Crippen LogP contribution in [0.25, 0.3) is 0 Å². The fraction of sp³-hybridized carbons (Fsp3) is 0.647. The van der Waals surface area contributed by atoms with Crippen LogP contribution in [-0.2, 0) is 26.2 Å². The summed E-state index contributed by atoms with van der Waals surface area (Å²) in [7, 11) is -4.50. The monoisotopic (exact) mass is 742 g/mol. The van der Waals surface area contributed by atoms with Gasteiger partial charge in [0.2, 0.25) is 0 Å². The summed E-state index contributed by atoms with van der Waals surface area (Å²) >= 11 is 0. The molecule has 2 saturated carbocycles. The molecule has 0 radical (unpaired) electrons. The molecule has 0 aliphatic heterocycles. The van der Waals surface area contributed by atoms with Gasteiger partial charge in [-0.1, -0.05) is 126 Å². The summed E-state index contributed by atoms with van der Waals surface area (Å²) in [6.45, 7) is 37.1. The molecule has 0 aromatic rings. The first-order valence-corrected chi connectivity index (χ1v) is 29.4. The Morgan fingerprint density at radius 1 is 0.537 bits per heavy atom. The molecule has 0 nitrogen and oxygen atoms in total. The van der Waals surface area contributed by atoms with E-state index < -0.39 is 32.3 Å². The summed E-state index contributed by atoms with van der Waals surface area (Å²) in [5.41, 5.74) is 0. The van der Waals surface area contributed by atoms with Crippen LogP contribution >= 0.6 is 0 Å². The number of allylic oxidation sites excluding steroid dienone is 8. The first-order chi connectivity index (χ1) is 17.3. The second kappa shape index (κ2) is 17.8. The van der Waals surface area contributed by atoms with Crippen LogP contribution < -0.4 is 24.8 Å². The molecule has 4 aliphatic carbocycles. The molecule has 0 saturated heterocycles. The van der Waals surface area contributed by atoms with Crippen LogP contribution in [0.5, 0.6) is 0 Å². The molecule has 0 N–H and O–H groups in total. The van der Waals surface area contributed by atoms with E-state index >= 15 is 0 Å². The van der Waals surface area contributed by atoms with Crippen LogP contribution in [0.4, 0.5) is 0 Å². The van der Waals surface area contributed by atoms with Gasteiger partial charge in [0.25, 0.3) is 0 Å². The number of fused-ring (bicyclic) bond motifs is 2. The third-order valence-corrected chi connectivity index (χ3v) is 17.8. The van der Waals surface area contributed by atoms with Crippen LogP contribution in [0.2, 0.25) is 78.6 Å². The van der Waals surface area contributed by atoms with Crippen molar-refractivity contribution in [2.75, 3.05) is 0 Å². The average molecular weight is 745 g/mol. The Hall–Kier alpha value is 1.29. The van der Waals surface area contributed by atoms with Crippen molar-refractivity contribution >= 4 is 32.3 Å². The normalized spacial score (nSPS) is 25.4. The van der Waals surface area contributed by atoms with Crippen molar-refractivity contribution in [3.63, 3.8) is 0 Å². The number of unbranched alkanes of at least 4 members (excludes halogenated alkanes) is 1. The van der Waals surface area contributed by atoms with E-state index in [-0.39, 0.29) is 51.0 Å². The Kier molecular flexibility index (Phi) is 19.3. The smallest absolute Gasteiger partial charge is 1.00 e. The second-order valence-electron chi connectivity index (χ2n) is 16.1. The van der Waals surface area contributed by atoms with Crippen molar-refractivity contribution < 1.29 is 51.0 Å². The number of rotatable bonds is 5. The van der Waals surface area contributed by atoms with E-state index in [4.69, 9.17) is 0 Å². The molecule has 7 heteroatoms. The Morgan fingerprint density at radius 2 is 0.780 bits per heavy atom. The van der Waals surface area contributed by atoms with Crippen LogP contribution in [0.15, 0.2) is 45.1 Å². The molecule has 41 heavy (non-hydrogen) atoms. The topological polar surface area (TPSA) is 0 Å². The Balaban J connectivity index is 0. The summed E-state index contributed by atoms with van der Waals surface area (Å²) in [6, 6.07) is 0. The maximum absolute atomic E-state index is 3.54. The number of hydrogen-bond donors (Lipinski definition) is 0. The van der Waals surface area contributed by atoms with Crippen molar-refractivity contribution in [3.05, 3.63) is 71.8 Å². The van der Waals surface area contributed by atoms with E-state index in [1.807, 2.05) is 10.4 Å². The van der Waals surface area contributed by atoms with E-state index in [2.05, 4.69) is 130 Å². The van der Waals surface area contributed by atoms with Gasteiger partial charge >= 0.3 is 26.2 Å². The first-order valence-electron chi connectivity index (χ1n) is 15.4. The Morgan fingerprint density at radius 3 is 1.00 bits per heavy atom. The molecule has 0 aromatic carbocycles. The van der Waals surface area contributed by atoms with Gasteiger partial charge in [0.1, 0.15) is 0 Å². The van der Waals surface area contributed by atoms with Gasteiger partial charge in [-0.05, 0) is 11.8 Å². The summed E-state index contributed by atoms with van der Waals surface area (Å²) in [5.74, 6) is 3.34. The number of halogens is 2. The van der Waals surface area contributed by atoms with Crippen molar-refractivity contribution in [2.45, 2.75) is 117 Å². The minimum Gasteiger partial charge on any atom is -1.00 e. The summed E-state index contributed by atoms with van der Waals surface area (Å²) < 4.78 is 0. The van der Waals surface area contributed by atoms with Gasteiger partial charge in [-0.15, -0.1) is 22.2 Å². The fourth-order valence-electron chi connectivity index (χ4n) is 6.92. The van der Waals surface area contributed by atoms with Crippen molar-refractivity contribution in [2.24, 2.45) is 23.7 Å². The molecule has 0 aromatic heterocycles. The molecule has 0 spiro atoms. The van der Waals surface area contributed by atoms with Gasteiger partial charge in [0, 0.05) is 0 Å². The predicted octanol–water partition coefficient (Wildman–Crippen LogP) is 5.12. The third-order valence-electron chi connectivity index (χ3n) is 8.78. The first kappa shape index (κ1) is 44.4. The molecule has 0 bridgehead atoms. The largest absolute Gasteiger partial charge is 2.00 e. The molecule has 4 rings (SSSR count). The zero-order chi connectivity index (χ0) is 29.1. The minimum atomic E-state index is -1.13. The fourth-order valence-corrected chi connectivity index (χ4v) is 14.8. The van der Waals surface area contributed by atoms with E-state index in [0.717, 1.165) is 36.5 Å². The van der Waals surface area contributed by atoms with Crippen LogP contribution in [0, 0.1) is 50.4 Å². The van der Waals surface area contributed by atoms with Crippen molar-refractivity contribution in [1.29, 1.82) is 0 Å².